The molecule has 1 aliphatic carbocycles. The zero-order chi connectivity index (χ0) is 21.8. The van der Waals surface area contributed by atoms with Gasteiger partial charge in [0, 0.05) is 32.5 Å². The molecular weight excluding hydrogens is 410 g/mol. The largest absolute Gasteiger partial charge is 0.491 e. The minimum absolute atomic E-state index is 0.00129. The van der Waals surface area contributed by atoms with E-state index < -0.39 is 11.5 Å². The highest BCUT2D eigenvalue weighted by Crippen LogP contribution is 2.45. The molecule has 0 saturated heterocycles. The van der Waals surface area contributed by atoms with E-state index in [4.69, 9.17) is 9.84 Å². The van der Waals surface area contributed by atoms with Crippen LogP contribution in [0.3, 0.4) is 0 Å². The molecule has 158 valence electrons. The van der Waals surface area contributed by atoms with Crippen molar-refractivity contribution >= 4 is 28.0 Å². The Bertz CT molecular complexity index is 1290. The summed E-state index contributed by atoms with van der Waals surface area (Å²) in [5, 5.41) is 21.6. The molecule has 2 aromatic heterocycles. The first-order valence-electron chi connectivity index (χ1n) is 10.2. The van der Waals surface area contributed by atoms with Gasteiger partial charge in [-0.1, -0.05) is 32.0 Å². The average molecular weight is 434 g/mol. The third-order valence-electron chi connectivity index (χ3n) is 6.02. The molecule has 6 heteroatoms. The van der Waals surface area contributed by atoms with Crippen molar-refractivity contribution in [2.24, 2.45) is 0 Å². The summed E-state index contributed by atoms with van der Waals surface area (Å²) in [6.45, 7) is 3.83. The highest BCUT2D eigenvalue weighted by Gasteiger charge is 2.39. The van der Waals surface area contributed by atoms with Gasteiger partial charge in [0.25, 0.3) is 0 Å². The van der Waals surface area contributed by atoms with Crippen LogP contribution in [-0.4, -0.2) is 40.3 Å². The van der Waals surface area contributed by atoms with Crippen molar-refractivity contribution < 1.29 is 19.7 Å². The summed E-state index contributed by atoms with van der Waals surface area (Å²) in [6.07, 6.45) is -0.941. The summed E-state index contributed by atoms with van der Waals surface area (Å²) in [5.74, 6) is 0.563. The van der Waals surface area contributed by atoms with E-state index in [0.717, 1.165) is 33.3 Å². The first kappa shape index (κ1) is 20.0. The minimum atomic E-state index is -0.941. The maximum atomic E-state index is 13.5. The molecule has 0 amide bonds. The number of aromatic nitrogens is 1. The van der Waals surface area contributed by atoms with Gasteiger partial charge >= 0.3 is 0 Å². The molecule has 5 rings (SSSR count). The number of nitrogens with one attached hydrogen (secondary N) is 1. The van der Waals surface area contributed by atoms with Gasteiger partial charge < -0.3 is 19.9 Å². The molecule has 31 heavy (non-hydrogen) atoms. The Hall–Kier alpha value is -2.93. The quantitative estimate of drug-likeness (QED) is 0.433. The molecule has 0 aliphatic heterocycles. The van der Waals surface area contributed by atoms with Crippen LogP contribution in [0.2, 0.25) is 0 Å². The van der Waals surface area contributed by atoms with Gasteiger partial charge in [-0.3, -0.25) is 4.79 Å². The summed E-state index contributed by atoms with van der Waals surface area (Å²) < 4.78 is 5.63. The van der Waals surface area contributed by atoms with E-state index in [1.54, 1.807) is 23.5 Å². The fourth-order valence-electron chi connectivity index (χ4n) is 4.34. The van der Waals surface area contributed by atoms with Gasteiger partial charge in [-0.05, 0) is 46.8 Å². The lowest BCUT2D eigenvalue weighted by atomic mass is 9.71. The number of rotatable bonds is 5. The first-order chi connectivity index (χ1) is 14.9. The lowest BCUT2D eigenvalue weighted by Gasteiger charge is -2.32. The third kappa shape index (κ3) is 3.19. The van der Waals surface area contributed by atoms with E-state index in [1.807, 2.05) is 18.2 Å². The van der Waals surface area contributed by atoms with E-state index in [1.165, 1.54) is 4.88 Å². The van der Waals surface area contributed by atoms with E-state index in [9.17, 15) is 9.90 Å². The van der Waals surface area contributed by atoms with Gasteiger partial charge in [0.2, 0.25) is 0 Å². The number of aromatic amines is 1. The number of aliphatic hydroxyl groups is 2. The van der Waals surface area contributed by atoms with Crippen LogP contribution in [0.15, 0.2) is 53.9 Å². The number of ketones is 1. The molecule has 0 saturated carbocycles. The van der Waals surface area contributed by atoms with E-state index >= 15 is 0 Å². The molecule has 1 aliphatic rings. The number of carbonyl (C=O) groups excluding carboxylic acids is 1. The molecule has 4 aromatic rings. The lowest BCUT2D eigenvalue weighted by molar-refractivity contribution is 0.0535. The van der Waals surface area contributed by atoms with Gasteiger partial charge in [0.1, 0.15) is 18.5 Å². The summed E-state index contributed by atoms with van der Waals surface area (Å²) in [7, 11) is 0. The summed E-state index contributed by atoms with van der Waals surface area (Å²) in [6, 6.07) is 15.7. The molecule has 0 spiro atoms. The van der Waals surface area contributed by atoms with Crippen LogP contribution in [0, 0.1) is 0 Å². The second kappa shape index (κ2) is 7.34. The molecule has 1 atom stereocenters. The molecule has 2 aromatic carbocycles. The van der Waals surface area contributed by atoms with Gasteiger partial charge in [-0.15, -0.1) is 11.3 Å². The molecule has 5 nitrogen and oxygen atoms in total. The van der Waals surface area contributed by atoms with Crippen molar-refractivity contribution in [2.45, 2.75) is 25.4 Å². The third-order valence-corrected chi connectivity index (χ3v) is 6.94. The van der Waals surface area contributed by atoms with E-state index in [2.05, 4.69) is 42.4 Å². The van der Waals surface area contributed by atoms with Crippen LogP contribution in [0.25, 0.3) is 21.3 Å². The number of fused-ring (bicyclic) bond motifs is 4. The Balaban J connectivity index is 1.60. The van der Waals surface area contributed by atoms with Crippen LogP contribution in [0.5, 0.6) is 5.75 Å². The smallest absolute Gasteiger partial charge is 0.195 e. The van der Waals surface area contributed by atoms with Crippen LogP contribution < -0.4 is 4.74 Å². The fraction of sp³-hybridized carbons (Fsp3) is 0.240. The van der Waals surface area contributed by atoms with Gasteiger partial charge in [0.05, 0.1) is 12.2 Å². The molecule has 0 bridgehead atoms. The highest BCUT2D eigenvalue weighted by molar-refractivity contribution is 7.13. The lowest BCUT2D eigenvalue weighted by Crippen LogP contribution is -2.30. The van der Waals surface area contributed by atoms with Crippen molar-refractivity contribution in [2.75, 3.05) is 13.2 Å². The van der Waals surface area contributed by atoms with Crippen molar-refractivity contribution in [3.05, 3.63) is 76.3 Å². The van der Waals surface area contributed by atoms with Crippen molar-refractivity contribution in [3.8, 4) is 16.2 Å². The van der Waals surface area contributed by atoms with Gasteiger partial charge in [-0.25, -0.2) is 0 Å². The van der Waals surface area contributed by atoms with Crippen molar-refractivity contribution in [1.82, 2.24) is 4.98 Å². The van der Waals surface area contributed by atoms with Gasteiger partial charge in [0.15, 0.2) is 5.78 Å². The number of aliphatic hydroxyl groups excluding tert-OH is 2. The number of benzene rings is 2. The summed E-state index contributed by atoms with van der Waals surface area (Å²) in [4.78, 5) is 18.2. The maximum Gasteiger partial charge on any atom is 0.195 e. The zero-order valence-electron chi connectivity index (χ0n) is 17.3. The zero-order valence-corrected chi connectivity index (χ0v) is 18.1. The number of H-pyrrole nitrogens is 1. The highest BCUT2D eigenvalue weighted by atomic mass is 32.1. The van der Waals surface area contributed by atoms with Crippen LogP contribution in [-0.2, 0) is 5.41 Å². The second-order valence-corrected chi connectivity index (χ2v) is 9.37. The predicted molar refractivity (Wildman–Crippen MR) is 122 cm³/mol. The van der Waals surface area contributed by atoms with Crippen LogP contribution in [0.4, 0.5) is 0 Å². The number of carbonyl (C=O) groups is 1. The molecule has 3 N–H and O–H groups in total. The average Bonchev–Trinajstić information content (AvgIpc) is 3.44. The Labute approximate surface area is 183 Å². The van der Waals surface area contributed by atoms with Crippen molar-refractivity contribution in [3.63, 3.8) is 0 Å². The van der Waals surface area contributed by atoms with Crippen LogP contribution in [0.1, 0.15) is 41.0 Å². The van der Waals surface area contributed by atoms with E-state index in [-0.39, 0.29) is 19.0 Å². The Morgan fingerprint density at radius 2 is 2.00 bits per heavy atom. The SMILES string of the molecule is CC1(C)c2cc(OC[C@@H](O)CO)ccc2C(=O)c2c1[nH]c1cc(-c3cccs3)ccc21. The molecule has 0 fully saturated rings. The topological polar surface area (TPSA) is 82.5 Å². The Morgan fingerprint density at radius 1 is 1.16 bits per heavy atom. The minimum Gasteiger partial charge on any atom is -0.491 e. The number of thiophene rings is 1. The Kier molecular flexibility index (Phi) is 4.73. The molecule has 0 unspecified atom stereocenters. The Morgan fingerprint density at radius 3 is 2.74 bits per heavy atom. The standard InChI is InChI=1S/C25H23NO4S/c1-25(2)19-11-16(30-13-15(28)12-27)6-8-17(19)23(29)22-18-7-5-14(21-4-3-9-31-21)10-20(18)26-24(22)25/h3-11,15,26-28H,12-13H2,1-2H3/t15-/m0/s1. The number of hydrogen-bond donors (Lipinski definition) is 3. The van der Waals surface area contributed by atoms with Crippen molar-refractivity contribution in [1.29, 1.82) is 0 Å². The molecular formula is C25H23NO4S. The number of ether oxygens (including phenoxy) is 1. The van der Waals surface area contributed by atoms with Crippen LogP contribution >= 0.6 is 11.3 Å². The molecule has 2 heterocycles. The fourth-order valence-corrected chi connectivity index (χ4v) is 5.06. The summed E-state index contributed by atoms with van der Waals surface area (Å²) >= 11 is 1.69. The monoisotopic (exact) mass is 433 g/mol. The van der Waals surface area contributed by atoms with Gasteiger partial charge in [-0.2, -0.15) is 0 Å². The van der Waals surface area contributed by atoms with E-state index in [0.29, 0.717) is 11.3 Å². The first-order valence-corrected chi connectivity index (χ1v) is 11.1. The summed E-state index contributed by atoms with van der Waals surface area (Å²) in [5.41, 5.74) is 4.82. The maximum absolute atomic E-state index is 13.5. The second-order valence-electron chi connectivity index (χ2n) is 8.42. The number of hydrogen-bond acceptors (Lipinski definition) is 5. The molecule has 0 radical (unpaired) electrons. The normalized spacial score (nSPS) is 15.5. The predicted octanol–water partition coefficient (Wildman–Crippen LogP) is 4.50.